The molecule has 0 fully saturated rings. The highest BCUT2D eigenvalue weighted by atomic mass is 35.5. The van der Waals surface area contributed by atoms with Crippen molar-refractivity contribution < 1.29 is 4.52 Å². The Morgan fingerprint density at radius 3 is 2.54 bits per heavy atom. The molecule has 28 heavy (non-hydrogen) atoms. The minimum absolute atomic E-state index is 0.186. The van der Waals surface area contributed by atoms with Gasteiger partial charge in [-0.2, -0.15) is 4.98 Å². The van der Waals surface area contributed by atoms with E-state index in [-0.39, 0.29) is 5.56 Å². The monoisotopic (exact) mass is 432 g/mol. The van der Waals surface area contributed by atoms with E-state index in [4.69, 9.17) is 27.7 Å². The molecule has 6 nitrogen and oxygen atoms in total. The predicted molar refractivity (Wildman–Crippen MR) is 111 cm³/mol. The second kappa shape index (κ2) is 7.95. The lowest BCUT2D eigenvalue weighted by Crippen LogP contribution is -2.21. The van der Waals surface area contributed by atoms with Crippen molar-refractivity contribution >= 4 is 45.9 Å². The third-order valence-electron chi connectivity index (χ3n) is 4.03. The molecule has 4 rings (SSSR count). The summed E-state index contributed by atoms with van der Waals surface area (Å²) in [5.41, 5.74) is 1.02. The third kappa shape index (κ3) is 3.78. The van der Waals surface area contributed by atoms with E-state index < -0.39 is 0 Å². The number of rotatable bonds is 5. The van der Waals surface area contributed by atoms with Crippen molar-refractivity contribution in [1.29, 1.82) is 0 Å². The normalized spacial score (nSPS) is 11.2. The SMILES string of the molecule is CCc1nc(CSc2nc3cc(Cl)ccc3c(=O)n2-c2ccc(Cl)cc2)no1. The van der Waals surface area contributed by atoms with Crippen molar-refractivity contribution in [1.82, 2.24) is 19.7 Å². The number of fused-ring (bicyclic) bond motifs is 1. The maximum atomic E-state index is 13.2. The van der Waals surface area contributed by atoms with Gasteiger partial charge in [-0.15, -0.1) is 0 Å². The number of hydrogen-bond donors (Lipinski definition) is 0. The van der Waals surface area contributed by atoms with Gasteiger partial charge in [0.1, 0.15) is 0 Å². The molecule has 0 aliphatic heterocycles. The summed E-state index contributed by atoms with van der Waals surface area (Å²) in [6.07, 6.45) is 0.667. The van der Waals surface area contributed by atoms with Gasteiger partial charge in [-0.25, -0.2) is 4.98 Å². The Morgan fingerprint density at radius 2 is 1.82 bits per heavy atom. The van der Waals surface area contributed by atoms with Crippen LogP contribution in [0.5, 0.6) is 0 Å². The first kappa shape index (κ1) is 19.0. The molecule has 0 aliphatic rings. The fraction of sp³-hybridized carbons (Fsp3) is 0.158. The van der Waals surface area contributed by atoms with E-state index in [1.54, 1.807) is 47.0 Å². The molecule has 0 radical (unpaired) electrons. The van der Waals surface area contributed by atoms with Crippen LogP contribution in [0.25, 0.3) is 16.6 Å². The van der Waals surface area contributed by atoms with Gasteiger partial charge in [0.05, 0.1) is 22.3 Å². The van der Waals surface area contributed by atoms with E-state index in [0.29, 0.717) is 55.7 Å². The van der Waals surface area contributed by atoms with Gasteiger partial charge in [-0.05, 0) is 42.5 Å². The van der Waals surface area contributed by atoms with Gasteiger partial charge in [0.15, 0.2) is 11.0 Å². The summed E-state index contributed by atoms with van der Waals surface area (Å²) < 4.78 is 6.70. The van der Waals surface area contributed by atoms with Crippen LogP contribution >= 0.6 is 35.0 Å². The van der Waals surface area contributed by atoms with E-state index in [0.717, 1.165) is 0 Å². The molecule has 2 aromatic carbocycles. The first-order valence-corrected chi connectivity index (χ1v) is 10.2. The molecule has 0 saturated heterocycles. The maximum Gasteiger partial charge on any atom is 0.266 e. The van der Waals surface area contributed by atoms with E-state index >= 15 is 0 Å². The smallest absolute Gasteiger partial charge is 0.266 e. The Hall–Kier alpha value is -2.35. The van der Waals surface area contributed by atoms with Gasteiger partial charge in [0, 0.05) is 16.5 Å². The van der Waals surface area contributed by atoms with Crippen molar-refractivity contribution in [2.45, 2.75) is 24.3 Å². The number of aryl methyl sites for hydroxylation is 1. The van der Waals surface area contributed by atoms with Gasteiger partial charge in [-0.3, -0.25) is 9.36 Å². The quantitative estimate of drug-likeness (QED) is 0.328. The van der Waals surface area contributed by atoms with Crippen molar-refractivity contribution in [3.05, 3.63) is 74.6 Å². The van der Waals surface area contributed by atoms with Crippen molar-refractivity contribution in [2.24, 2.45) is 0 Å². The molecule has 9 heteroatoms. The van der Waals surface area contributed by atoms with Crippen LogP contribution in [0.2, 0.25) is 10.0 Å². The summed E-state index contributed by atoms with van der Waals surface area (Å²) in [5, 5.41) is 6.05. The van der Waals surface area contributed by atoms with Crippen LogP contribution in [-0.4, -0.2) is 19.7 Å². The van der Waals surface area contributed by atoms with Gasteiger partial charge >= 0.3 is 0 Å². The van der Waals surface area contributed by atoms with Crippen molar-refractivity contribution in [2.75, 3.05) is 0 Å². The molecule has 0 unspecified atom stereocenters. The largest absolute Gasteiger partial charge is 0.339 e. The summed E-state index contributed by atoms with van der Waals surface area (Å²) in [6.45, 7) is 1.94. The van der Waals surface area contributed by atoms with Gasteiger partial charge in [0.25, 0.3) is 5.56 Å². The molecule has 2 heterocycles. The molecule has 4 aromatic rings. The number of aromatic nitrogens is 4. The lowest BCUT2D eigenvalue weighted by atomic mass is 10.2. The summed E-state index contributed by atoms with van der Waals surface area (Å²) in [7, 11) is 0. The van der Waals surface area contributed by atoms with E-state index in [2.05, 4.69) is 15.1 Å². The molecule has 0 atom stereocenters. The highest BCUT2D eigenvalue weighted by Crippen LogP contribution is 2.25. The molecule has 0 aliphatic carbocycles. The third-order valence-corrected chi connectivity index (χ3v) is 5.45. The molecule has 0 saturated carbocycles. The second-order valence-electron chi connectivity index (χ2n) is 5.92. The molecule has 142 valence electrons. The fourth-order valence-corrected chi connectivity index (χ4v) is 3.82. The summed E-state index contributed by atoms with van der Waals surface area (Å²) in [5.74, 6) is 1.53. The lowest BCUT2D eigenvalue weighted by Gasteiger charge is -2.13. The molecular formula is C19H14Cl2N4O2S. The van der Waals surface area contributed by atoms with E-state index in [1.165, 1.54) is 11.8 Å². The van der Waals surface area contributed by atoms with Crippen molar-refractivity contribution in [3.8, 4) is 5.69 Å². The number of nitrogens with zero attached hydrogens (tertiary/aromatic N) is 4. The molecule has 2 aromatic heterocycles. The predicted octanol–water partition coefficient (Wildman–Crippen LogP) is 4.93. The molecule has 0 N–H and O–H groups in total. The zero-order valence-electron chi connectivity index (χ0n) is 14.7. The number of benzene rings is 2. The summed E-state index contributed by atoms with van der Waals surface area (Å²) in [4.78, 5) is 22.2. The topological polar surface area (TPSA) is 73.8 Å². The molecule has 0 bridgehead atoms. The van der Waals surface area contributed by atoms with E-state index in [1.807, 2.05) is 6.92 Å². The molecular weight excluding hydrogens is 419 g/mol. The van der Waals surface area contributed by atoms with Gasteiger partial charge in [-0.1, -0.05) is 47.0 Å². The van der Waals surface area contributed by atoms with Crippen LogP contribution in [0, 0.1) is 0 Å². The highest BCUT2D eigenvalue weighted by molar-refractivity contribution is 7.98. The summed E-state index contributed by atoms with van der Waals surface area (Å²) in [6, 6.07) is 12.1. The van der Waals surface area contributed by atoms with Crippen molar-refractivity contribution in [3.63, 3.8) is 0 Å². The molecule has 0 spiro atoms. The van der Waals surface area contributed by atoms with Gasteiger partial charge in [0.2, 0.25) is 5.89 Å². The van der Waals surface area contributed by atoms with Crippen LogP contribution in [0.4, 0.5) is 0 Å². The Balaban J connectivity index is 1.82. The Morgan fingerprint density at radius 1 is 1.07 bits per heavy atom. The van der Waals surface area contributed by atoms with Crippen LogP contribution in [0.15, 0.2) is 56.9 Å². The number of halogens is 2. The van der Waals surface area contributed by atoms with Crippen LogP contribution in [0.1, 0.15) is 18.6 Å². The second-order valence-corrected chi connectivity index (χ2v) is 7.73. The zero-order chi connectivity index (χ0) is 19.7. The maximum absolute atomic E-state index is 13.2. The standard InChI is InChI=1S/C19H14Cl2N4O2S/c1-2-17-23-16(24-27-17)10-28-19-22-15-9-12(21)5-8-14(15)18(26)25(19)13-6-3-11(20)4-7-13/h3-9H,2,10H2,1H3. The first-order valence-electron chi connectivity index (χ1n) is 8.47. The van der Waals surface area contributed by atoms with Crippen LogP contribution in [-0.2, 0) is 12.2 Å². The van der Waals surface area contributed by atoms with Crippen LogP contribution < -0.4 is 5.56 Å². The highest BCUT2D eigenvalue weighted by Gasteiger charge is 2.15. The Bertz CT molecular complexity index is 1210. The first-order chi connectivity index (χ1) is 13.5. The minimum Gasteiger partial charge on any atom is -0.339 e. The number of hydrogen-bond acceptors (Lipinski definition) is 6. The average Bonchev–Trinajstić information content (AvgIpc) is 3.15. The average molecular weight is 433 g/mol. The molecule has 0 amide bonds. The number of thioether (sulfide) groups is 1. The van der Waals surface area contributed by atoms with E-state index in [9.17, 15) is 4.79 Å². The van der Waals surface area contributed by atoms with Crippen LogP contribution in [0.3, 0.4) is 0 Å². The van der Waals surface area contributed by atoms with Gasteiger partial charge < -0.3 is 4.52 Å². The summed E-state index contributed by atoms with van der Waals surface area (Å²) >= 11 is 13.4. The minimum atomic E-state index is -0.186. The Kier molecular flexibility index (Phi) is 5.39. The zero-order valence-corrected chi connectivity index (χ0v) is 17.1. The Labute approximate surface area is 174 Å². The fourth-order valence-electron chi connectivity index (χ4n) is 2.67. The lowest BCUT2D eigenvalue weighted by molar-refractivity contribution is 0.378.